The van der Waals surface area contributed by atoms with E-state index in [0.29, 0.717) is 5.56 Å². The Kier molecular flexibility index (Phi) is 17.7. The molecule has 0 aromatic carbocycles. The van der Waals surface area contributed by atoms with E-state index in [2.05, 4.69) is 106 Å². The summed E-state index contributed by atoms with van der Waals surface area (Å²) in [6.45, 7) is 0. The van der Waals surface area contributed by atoms with Crippen LogP contribution in [0.3, 0.4) is 0 Å². The minimum Gasteiger partial charge on any atom is -1.00 e. The van der Waals surface area contributed by atoms with Gasteiger partial charge in [0.15, 0.2) is 49.6 Å². The summed E-state index contributed by atoms with van der Waals surface area (Å²) < 4.78 is 14.4. The number of aryl methyl sites for hydroxylation is 4. The van der Waals surface area contributed by atoms with Gasteiger partial charge in [-0.25, -0.2) is 18.3 Å². The van der Waals surface area contributed by atoms with Crippen LogP contribution in [-0.2, 0) is 78.0 Å². The average molecular weight is 1080 g/mol. The predicted octanol–water partition coefficient (Wildman–Crippen LogP) is -2.25. The number of rotatable bonds is 3. The molecule has 0 bridgehead atoms. The zero-order valence-corrected chi connectivity index (χ0v) is 38.3. The number of nitrogens with zero attached hydrogens (tertiary/aromatic N) is 8. The largest absolute Gasteiger partial charge is 1.00 e. The molecule has 0 aliphatic heterocycles. The number of halogens is 3. The molecule has 0 aliphatic rings. The standard InChI is InChI=1S/C21H24N6.C7H7N2.2ClH.2Hg.HI/c1-22-10-4-19(5-11-22)25-16-26(20-6-12-23(2)13-7-20)18-27(17-25)21-8-14-24(3)15-9-21;1-9-4-2-7(6-8)3-5-9;;;;;/h4-18H,1-3H3;2-5H,1H3;2*1H;;;1H/q+6;+1;;;;+2;/p-3. The third-order valence-corrected chi connectivity index (χ3v) is 5.63. The maximum absolute atomic E-state index is 8.37. The fourth-order valence-electron chi connectivity index (χ4n) is 3.46. The van der Waals surface area contributed by atoms with E-state index in [0.717, 1.165) is 17.1 Å². The number of pyridine rings is 4. The predicted molar refractivity (Wildman–Crippen MR) is 139 cm³/mol. The van der Waals surface area contributed by atoms with E-state index in [9.17, 15) is 0 Å². The Labute approximate surface area is 298 Å². The van der Waals surface area contributed by atoms with Gasteiger partial charge in [-0.2, -0.15) is 5.26 Å². The van der Waals surface area contributed by atoms with Gasteiger partial charge in [0.2, 0.25) is 17.1 Å². The van der Waals surface area contributed by atoms with Gasteiger partial charge in [0.1, 0.15) is 28.2 Å². The molecule has 0 amide bonds. The molecule has 0 unspecified atom stereocenters. The Morgan fingerprint density at radius 3 is 0.976 bits per heavy atom. The first-order valence-electron chi connectivity index (χ1n) is 12.1. The molecule has 0 saturated carbocycles. The maximum Gasteiger partial charge on any atom is 0 e. The minimum atomic E-state index is -1.14. The maximum atomic E-state index is 8.37. The molecule has 5 aromatic heterocycles. The van der Waals surface area contributed by atoms with Crippen LogP contribution in [0, 0.1) is 11.3 Å². The van der Waals surface area contributed by atoms with E-state index < -0.39 is 22.1 Å². The van der Waals surface area contributed by atoms with Crippen LogP contribution in [0.5, 0.6) is 0 Å². The molecule has 5 aromatic rings. The summed E-state index contributed by atoms with van der Waals surface area (Å²) in [6.07, 6.45) is 22.3. The van der Waals surface area contributed by atoms with E-state index in [1.165, 1.54) is 0 Å². The van der Waals surface area contributed by atoms with Crippen molar-refractivity contribution in [3.05, 3.63) is 123 Å². The Balaban J connectivity index is 0.000000508. The summed E-state index contributed by atoms with van der Waals surface area (Å²) >= 11 is -1.14. The van der Waals surface area contributed by atoms with E-state index in [1.54, 1.807) is 12.1 Å². The van der Waals surface area contributed by atoms with Crippen LogP contribution in [0.4, 0.5) is 0 Å². The van der Waals surface area contributed by atoms with Crippen molar-refractivity contribution >= 4 is 16.5 Å². The fourth-order valence-corrected chi connectivity index (χ4v) is 3.46. The summed E-state index contributed by atoms with van der Waals surface area (Å²) in [6, 6.07) is 18.2. The van der Waals surface area contributed by atoms with Crippen LogP contribution in [0.2, 0.25) is 0 Å². The molecule has 5 rings (SSSR count). The Morgan fingerprint density at radius 2 is 0.756 bits per heavy atom. The Hall–Kier alpha value is -1.72. The smallest absolute Gasteiger partial charge is 0 e. The van der Waals surface area contributed by atoms with E-state index in [1.807, 2.05) is 64.9 Å². The molecule has 8 nitrogen and oxygen atoms in total. The van der Waals surface area contributed by atoms with Crippen molar-refractivity contribution in [3.8, 4) is 23.1 Å². The molecule has 5 heterocycles. The molecule has 202 valence electrons. The molecule has 0 N–H and O–H groups in total. The molecule has 0 spiro atoms. The van der Waals surface area contributed by atoms with E-state index in [-0.39, 0.29) is 51.6 Å². The summed E-state index contributed by atoms with van der Waals surface area (Å²) in [7, 11) is 18.0. The third-order valence-electron chi connectivity index (χ3n) is 5.63. The van der Waals surface area contributed by atoms with Gasteiger partial charge >= 0.3 is 57.6 Å². The summed E-state index contributed by atoms with van der Waals surface area (Å²) in [5.41, 5.74) is 3.99. The van der Waals surface area contributed by atoms with Gasteiger partial charge < -0.3 is 24.0 Å². The molecule has 41 heavy (non-hydrogen) atoms. The second kappa shape index (κ2) is 19.5. The second-order valence-corrected chi connectivity index (χ2v) is 16.6. The second-order valence-electron chi connectivity index (χ2n) is 8.70. The number of hydrogen-bond donors (Lipinski definition) is 0. The molecule has 0 radical (unpaired) electrons. The summed E-state index contributed by atoms with van der Waals surface area (Å²) in [5, 5.41) is 8.37. The minimum absolute atomic E-state index is 0. The van der Waals surface area contributed by atoms with Crippen LogP contribution < -0.4 is 55.9 Å². The van der Waals surface area contributed by atoms with Crippen LogP contribution in [-0.4, -0.2) is 0 Å². The first-order chi connectivity index (χ1) is 18.8. The molecule has 0 fully saturated rings. The van der Waals surface area contributed by atoms with Gasteiger partial charge in [-0.05, 0) is 0 Å². The van der Waals surface area contributed by atoms with Gasteiger partial charge in [0.25, 0.3) is 0 Å². The molecule has 13 heteroatoms. The van der Waals surface area contributed by atoms with Crippen LogP contribution in [0.1, 0.15) is 5.56 Å². The molecular formula is C28H31Cl2Hg2IN8+6. The van der Waals surface area contributed by atoms with Gasteiger partial charge in [-0.3, -0.25) is 0 Å². The van der Waals surface area contributed by atoms with Crippen molar-refractivity contribution < 1.29 is 106 Å². The first kappa shape index (κ1) is 37.3. The quantitative estimate of drug-likeness (QED) is 0.115. The topological polar surface area (TPSA) is 50.9 Å². The van der Waals surface area contributed by atoms with Crippen LogP contribution >= 0.6 is 16.5 Å². The molecule has 0 saturated heterocycles. The van der Waals surface area contributed by atoms with Crippen molar-refractivity contribution in [1.82, 2.24) is 0 Å². The van der Waals surface area contributed by atoms with Gasteiger partial charge in [-0.15, -0.1) is 0 Å². The van der Waals surface area contributed by atoms with E-state index in [4.69, 9.17) is 21.8 Å². The van der Waals surface area contributed by atoms with E-state index >= 15 is 0 Å². The number of nitriles is 1. The molecule has 0 atom stereocenters. The van der Waals surface area contributed by atoms with Crippen molar-refractivity contribution in [2.75, 3.05) is 0 Å². The summed E-state index contributed by atoms with van der Waals surface area (Å²) in [5.74, 6) is 0. The fraction of sp³-hybridized carbons (Fsp3) is 0.143. The average Bonchev–Trinajstić information content (AvgIpc) is 2.95. The van der Waals surface area contributed by atoms with Crippen molar-refractivity contribution in [3.63, 3.8) is 0 Å². The number of aromatic nitrogens is 7. The monoisotopic (exact) mass is 1080 g/mol. The third kappa shape index (κ3) is 12.2. The van der Waals surface area contributed by atoms with Crippen molar-refractivity contribution in [2.45, 2.75) is 0 Å². The summed E-state index contributed by atoms with van der Waals surface area (Å²) in [4.78, 5) is 0. The SMILES string of the molecule is C[n+]1ccc(-[n+]2c[n+](-c3cc[n+](C)cc3)c[n+](-c3cc[n+](C)cc3)c2)cc1.C[n+]1ccc(C#N)cc1.[Cl][Hg][Cl].[Hg].[I-]. The first-order valence-corrected chi connectivity index (χ1v) is 25.6. The Morgan fingerprint density at radius 1 is 0.537 bits per heavy atom. The van der Waals surface area contributed by atoms with Crippen LogP contribution in [0.15, 0.2) is 117 Å². The van der Waals surface area contributed by atoms with Crippen molar-refractivity contribution in [2.24, 2.45) is 28.2 Å². The zero-order chi connectivity index (χ0) is 28.2. The zero-order valence-electron chi connectivity index (χ0n) is 23.6. The Bertz CT molecular complexity index is 1380. The van der Waals surface area contributed by atoms with Gasteiger partial charge in [-0.1, -0.05) is 13.7 Å². The van der Waals surface area contributed by atoms with Gasteiger partial charge in [0, 0.05) is 39.8 Å². The van der Waals surface area contributed by atoms with Crippen LogP contribution in [0.25, 0.3) is 17.1 Å². The van der Waals surface area contributed by atoms with Crippen molar-refractivity contribution in [1.29, 1.82) is 5.26 Å². The molecule has 0 aliphatic carbocycles. The number of hydrogen-bond acceptors (Lipinski definition) is 1. The molecular weight excluding hydrogens is 1050 g/mol. The normalized spacial score (nSPS) is 9.20. The van der Waals surface area contributed by atoms with Gasteiger partial charge in [0.05, 0.1) is 48.0 Å².